The fourth-order valence-corrected chi connectivity index (χ4v) is 4.98. The van der Waals surface area contributed by atoms with Gasteiger partial charge in [0.1, 0.15) is 5.60 Å². The van der Waals surface area contributed by atoms with Gasteiger partial charge in [0.05, 0.1) is 6.20 Å². The first-order valence-corrected chi connectivity index (χ1v) is 10.0. The summed E-state index contributed by atoms with van der Waals surface area (Å²) in [5, 5.41) is 11.3. The first kappa shape index (κ1) is 17.8. The Hall–Kier alpha value is -1.56. The Morgan fingerprint density at radius 3 is 2.62 bits per heavy atom. The van der Waals surface area contributed by atoms with Gasteiger partial charge in [0.2, 0.25) is 0 Å². The number of nitrogens with one attached hydrogen (secondary N) is 2. The van der Waals surface area contributed by atoms with Crippen LogP contribution in [0.5, 0.6) is 0 Å². The number of carbonyl (C=O) groups is 1. The molecule has 0 spiro atoms. The maximum atomic E-state index is 12.3. The first-order valence-electron chi connectivity index (χ1n) is 10.0. The quantitative estimate of drug-likeness (QED) is 0.869. The third-order valence-corrected chi connectivity index (χ3v) is 6.54. The molecule has 4 aliphatic rings. The number of alkyl carbamates (subject to hydrolysis) is 1. The summed E-state index contributed by atoms with van der Waals surface area (Å²) in [5.74, 6) is 0. The number of fused-ring (bicyclic) bond motifs is 4. The summed E-state index contributed by atoms with van der Waals surface area (Å²) in [6.07, 6.45) is 9.50. The molecule has 3 aliphatic carbocycles. The number of nitrogens with zero attached hydrogens (tertiary/aromatic N) is 2. The molecule has 5 rings (SSSR count). The molecule has 26 heavy (non-hydrogen) atoms. The fraction of sp³-hybridized carbons (Fsp3) is 0.800. The molecular formula is C20H32N4O2. The highest BCUT2D eigenvalue weighted by Gasteiger charge is 2.50. The van der Waals surface area contributed by atoms with Crippen LogP contribution in [-0.2, 0) is 24.2 Å². The zero-order valence-electron chi connectivity index (χ0n) is 16.4. The van der Waals surface area contributed by atoms with E-state index in [-0.39, 0.29) is 11.6 Å². The molecule has 6 heteroatoms. The Morgan fingerprint density at radius 1 is 1.27 bits per heavy atom. The lowest BCUT2D eigenvalue weighted by Gasteiger charge is -2.53. The van der Waals surface area contributed by atoms with Crippen molar-refractivity contribution in [3.05, 3.63) is 17.5 Å². The Morgan fingerprint density at radius 2 is 1.96 bits per heavy atom. The molecule has 1 aromatic heterocycles. The maximum absolute atomic E-state index is 12.3. The van der Waals surface area contributed by atoms with Gasteiger partial charge >= 0.3 is 6.09 Å². The number of rotatable bonds is 3. The molecule has 2 N–H and O–H groups in total. The van der Waals surface area contributed by atoms with Crippen LogP contribution in [0.3, 0.4) is 0 Å². The Kier molecular flexibility index (Phi) is 4.29. The molecule has 3 fully saturated rings. The van der Waals surface area contributed by atoms with Gasteiger partial charge in [-0.1, -0.05) is 0 Å². The number of hydrogen-bond acceptors (Lipinski definition) is 4. The summed E-state index contributed by atoms with van der Waals surface area (Å²) in [7, 11) is 0. The zero-order valence-corrected chi connectivity index (χ0v) is 16.4. The van der Waals surface area contributed by atoms with Gasteiger partial charge in [0, 0.05) is 42.9 Å². The van der Waals surface area contributed by atoms with Crippen molar-refractivity contribution in [3.63, 3.8) is 0 Å². The van der Waals surface area contributed by atoms with E-state index in [2.05, 4.69) is 15.3 Å². The second-order valence-corrected chi connectivity index (χ2v) is 9.61. The van der Waals surface area contributed by atoms with E-state index in [1.807, 2.05) is 27.0 Å². The number of carbonyl (C=O) groups excluding carboxylic acids is 1. The third-order valence-electron chi connectivity index (χ3n) is 6.54. The van der Waals surface area contributed by atoms with Gasteiger partial charge in [0.15, 0.2) is 0 Å². The minimum Gasteiger partial charge on any atom is -0.444 e. The molecule has 3 saturated carbocycles. The monoisotopic (exact) mass is 360 g/mol. The van der Waals surface area contributed by atoms with Gasteiger partial charge in [0.25, 0.3) is 0 Å². The van der Waals surface area contributed by atoms with Gasteiger partial charge in [-0.15, -0.1) is 0 Å². The summed E-state index contributed by atoms with van der Waals surface area (Å²) in [6.45, 7) is 8.77. The largest absolute Gasteiger partial charge is 0.444 e. The normalized spacial score (nSPS) is 30.7. The molecule has 2 bridgehead atoms. The maximum Gasteiger partial charge on any atom is 0.408 e. The van der Waals surface area contributed by atoms with Crippen LogP contribution in [0.25, 0.3) is 0 Å². The van der Waals surface area contributed by atoms with E-state index in [1.165, 1.54) is 11.3 Å². The van der Waals surface area contributed by atoms with Crippen molar-refractivity contribution in [1.29, 1.82) is 0 Å². The molecule has 0 unspecified atom stereocenters. The van der Waals surface area contributed by atoms with E-state index in [4.69, 9.17) is 9.84 Å². The van der Waals surface area contributed by atoms with Crippen molar-refractivity contribution in [2.24, 2.45) is 5.41 Å². The lowest BCUT2D eigenvalue weighted by molar-refractivity contribution is -0.00516. The fourth-order valence-electron chi connectivity index (χ4n) is 4.98. The van der Waals surface area contributed by atoms with Gasteiger partial charge in [-0.2, -0.15) is 5.10 Å². The van der Waals surface area contributed by atoms with E-state index >= 15 is 0 Å². The molecule has 0 aromatic carbocycles. The van der Waals surface area contributed by atoms with Crippen LogP contribution in [0, 0.1) is 5.41 Å². The summed E-state index contributed by atoms with van der Waals surface area (Å²) in [6, 6.07) is 0. The van der Waals surface area contributed by atoms with Crippen molar-refractivity contribution in [2.75, 3.05) is 6.54 Å². The lowest BCUT2D eigenvalue weighted by Crippen LogP contribution is -2.58. The van der Waals surface area contributed by atoms with Crippen molar-refractivity contribution in [3.8, 4) is 0 Å². The summed E-state index contributed by atoms with van der Waals surface area (Å²) in [4.78, 5) is 12.3. The first-order chi connectivity index (χ1) is 12.3. The molecule has 1 aliphatic heterocycles. The Balaban J connectivity index is 1.40. The third kappa shape index (κ3) is 3.48. The van der Waals surface area contributed by atoms with Crippen LogP contribution in [0.2, 0.25) is 0 Å². The van der Waals surface area contributed by atoms with Gasteiger partial charge in [-0.05, 0) is 64.7 Å². The number of amides is 1. The molecule has 2 heterocycles. The Bertz CT molecular complexity index is 664. The van der Waals surface area contributed by atoms with Crippen LogP contribution < -0.4 is 10.6 Å². The van der Waals surface area contributed by atoms with Crippen molar-refractivity contribution in [2.45, 2.75) is 89.9 Å². The molecular weight excluding hydrogens is 328 g/mol. The predicted octanol–water partition coefficient (Wildman–Crippen LogP) is 3.15. The van der Waals surface area contributed by atoms with Crippen LogP contribution in [-0.4, -0.2) is 33.6 Å². The van der Waals surface area contributed by atoms with Gasteiger partial charge < -0.3 is 15.4 Å². The smallest absolute Gasteiger partial charge is 0.408 e. The van der Waals surface area contributed by atoms with Crippen molar-refractivity contribution >= 4 is 6.09 Å². The number of ether oxygens (including phenoxy) is 1. The standard InChI is InChI=1S/C20H32N4O2/c1-18(2,3)26-17(25)23-20-8-5-19(6-9-20,7-10-20)14-24-16-4-11-21-12-15(16)13-22-24/h13,21H,4-12,14H2,1-3H3,(H,23,25). The van der Waals surface area contributed by atoms with E-state index in [0.717, 1.165) is 64.6 Å². The molecule has 6 nitrogen and oxygen atoms in total. The minimum absolute atomic E-state index is 0.0580. The van der Waals surface area contributed by atoms with E-state index < -0.39 is 5.60 Å². The van der Waals surface area contributed by atoms with Crippen LogP contribution in [0.4, 0.5) is 4.79 Å². The molecule has 0 radical (unpaired) electrons. The van der Waals surface area contributed by atoms with Gasteiger partial charge in [-0.3, -0.25) is 4.68 Å². The zero-order chi connectivity index (χ0) is 18.4. The molecule has 144 valence electrons. The summed E-state index contributed by atoms with van der Waals surface area (Å²) >= 11 is 0. The van der Waals surface area contributed by atoms with E-state index in [1.54, 1.807) is 0 Å². The van der Waals surface area contributed by atoms with E-state index in [0.29, 0.717) is 5.41 Å². The topological polar surface area (TPSA) is 68.2 Å². The number of hydrogen-bond donors (Lipinski definition) is 2. The van der Waals surface area contributed by atoms with Crippen molar-refractivity contribution in [1.82, 2.24) is 20.4 Å². The van der Waals surface area contributed by atoms with Crippen LogP contribution in [0.1, 0.15) is 70.6 Å². The van der Waals surface area contributed by atoms with Crippen LogP contribution in [0.15, 0.2) is 6.20 Å². The van der Waals surface area contributed by atoms with Crippen LogP contribution >= 0.6 is 0 Å². The highest BCUT2D eigenvalue weighted by Crippen LogP contribution is 2.53. The highest BCUT2D eigenvalue weighted by molar-refractivity contribution is 5.69. The van der Waals surface area contributed by atoms with E-state index in [9.17, 15) is 4.79 Å². The Labute approximate surface area is 156 Å². The predicted molar refractivity (Wildman–Crippen MR) is 99.9 cm³/mol. The summed E-state index contributed by atoms with van der Waals surface area (Å²) < 4.78 is 7.76. The highest BCUT2D eigenvalue weighted by atomic mass is 16.6. The molecule has 1 aromatic rings. The molecule has 0 atom stereocenters. The second-order valence-electron chi connectivity index (χ2n) is 9.61. The minimum atomic E-state index is -0.443. The number of aromatic nitrogens is 2. The van der Waals surface area contributed by atoms with Gasteiger partial charge in [-0.25, -0.2) is 4.79 Å². The van der Waals surface area contributed by atoms with Crippen molar-refractivity contribution < 1.29 is 9.53 Å². The lowest BCUT2D eigenvalue weighted by atomic mass is 9.57. The second kappa shape index (κ2) is 6.25. The SMILES string of the molecule is CC(C)(C)OC(=O)NC12CCC(Cn3ncc4c3CCNC4)(CC1)CC2. The average Bonchev–Trinajstić information content (AvgIpc) is 2.98. The molecule has 1 amide bonds. The average molecular weight is 361 g/mol. The molecule has 0 saturated heterocycles. The summed E-state index contributed by atoms with van der Waals surface area (Å²) in [5.41, 5.74) is 2.63.